The molecule has 15 nitrogen and oxygen atoms in total. The summed E-state index contributed by atoms with van der Waals surface area (Å²) in [4.78, 5) is 55.4. The van der Waals surface area contributed by atoms with Crippen molar-refractivity contribution in [2.24, 2.45) is 0 Å². The molecular weight excluding hydrogens is 812 g/mol. The average Bonchev–Trinajstić information content (AvgIpc) is 3.89. The second-order valence-electron chi connectivity index (χ2n) is 14.8. The molecule has 0 spiro atoms. The molecule has 0 amide bonds. The number of nitrogens with one attached hydrogen (secondary N) is 2. The molecule has 3 unspecified atom stereocenters. The molecule has 17 heteroatoms. The van der Waals surface area contributed by atoms with Gasteiger partial charge in [-0.05, 0) is 67.5 Å². The fourth-order valence-electron chi connectivity index (χ4n) is 8.05. The van der Waals surface area contributed by atoms with Gasteiger partial charge >= 0.3 is 11.4 Å². The van der Waals surface area contributed by atoms with E-state index in [9.17, 15) is 19.2 Å². The molecule has 2 N–H and O–H groups in total. The lowest BCUT2D eigenvalue weighted by Gasteiger charge is -2.39. The van der Waals surface area contributed by atoms with E-state index in [0.717, 1.165) is 28.1 Å². The number of hydrogen-bond donors (Lipinski definition) is 2. The van der Waals surface area contributed by atoms with Crippen LogP contribution in [0, 0.1) is 13.8 Å². The van der Waals surface area contributed by atoms with Crippen LogP contribution in [0.2, 0.25) is 0 Å². The smallest absolute Gasteiger partial charge is 0.330 e. The van der Waals surface area contributed by atoms with E-state index >= 15 is 4.57 Å². The quantitative estimate of drug-likeness (QED) is 0.0924. The van der Waals surface area contributed by atoms with Crippen LogP contribution in [0.15, 0.2) is 110 Å². The van der Waals surface area contributed by atoms with E-state index in [0.29, 0.717) is 29.0 Å². The van der Waals surface area contributed by atoms with Crippen molar-refractivity contribution in [1.82, 2.24) is 19.1 Å². The number of ether oxygens (including phenoxy) is 5. The lowest BCUT2D eigenvalue weighted by Crippen LogP contribution is -2.41. The maximum Gasteiger partial charge on any atom is 0.330 e. The molecule has 60 heavy (non-hydrogen) atoms. The van der Waals surface area contributed by atoms with Gasteiger partial charge < -0.3 is 28.2 Å². The molecule has 7 atom stereocenters. The Bertz CT molecular complexity index is 2530. The van der Waals surface area contributed by atoms with Crippen LogP contribution in [0.3, 0.4) is 0 Å². The van der Waals surface area contributed by atoms with Crippen molar-refractivity contribution >= 4 is 18.0 Å². The Morgan fingerprint density at radius 1 is 0.733 bits per heavy atom. The van der Waals surface area contributed by atoms with Gasteiger partial charge in [-0.15, -0.1) is 0 Å². The number of benzene rings is 3. The van der Waals surface area contributed by atoms with Crippen LogP contribution in [0.25, 0.3) is 0 Å². The molecule has 3 aromatic carbocycles. The molecule has 2 aliphatic heterocycles. The minimum atomic E-state index is -3.63. The normalized spacial score (nSPS) is 22.7. The van der Waals surface area contributed by atoms with Crippen LogP contribution in [-0.2, 0) is 28.9 Å². The Kier molecular flexibility index (Phi) is 12.9. The predicted octanol–water partition coefficient (Wildman–Crippen LogP) is 6.02. The number of aromatic nitrogens is 4. The molecule has 5 aromatic rings. The predicted molar refractivity (Wildman–Crippen MR) is 228 cm³/mol. The molecule has 0 saturated carbocycles. The third-order valence-electron chi connectivity index (χ3n) is 11.3. The van der Waals surface area contributed by atoms with Crippen molar-refractivity contribution < 1.29 is 32.8 Å². The highest BCUT2D eigenvalue weighted by molar-refractivity contribution is 8.56. The zero-order chi connectivity index (χ0) is 42.8. The second kappa shape index (κ2) is 17.9. The Balaban J connectivity index is 1.29. The van der Waals surface area contributed by atoms with Crippen LogP contribution in [0.1, 0.15) is 66.5 Å². The van der Waals surface area contributed by atoms with Crippen LogP contribution in [0.4, 0.5) is 0 Å². The summed E-state index contributed by atoms with van der Waals surface area (Å²) in [6.07, 6.45) is 1.52. The maximum atomic E-state index is 15.1. The first kappa shape index (κ1) is 43.1. The molecule has 2 fully saturated rings. The number of nitrogens with zero attached hydrogens (tertiary/aromatic N) is 2. The first-order valence-corrected chi connectivity index (χ1v) is 23.1. The van der Waals surface area contributed by atoms with Crippen LogP contribution in [-0.4, -0.2) is 70.2 Å². The van der Waals surface area contributed by atoms with Gasteiger partial charge in [0.25, 0.3) is 17.7 Å². The Hall–Kier alpha value is -4.96. The van der Waals surface area contributed by atoms with Crippen molar-refractivity contribution in [3.8, 4) is 11.5 Å². The Morgan fingerprint density at radius 3 is 1.70 bits per heavy atom. The summed E-state index contributed by atoms with van der Waals surface area (Å²) >= 11 is 1.09. The van der Waals surface area contributed by atoms with Crippen molar-refractivity contribution in [3.05, 3.63) is 161 Å². The van der Waals surface area contributed by atoms with Crippen LogP contribution in [0.5, 0.6) is 11.5 Å². The highest BCUT2D eigenvalue weighted by Crippen LogP contribution is 2.67. The summed E-state index contributed by atoms with van der Waals surface area (Å²) < 4.78 is 55.7. The fourth-order valence-corrected chi connectivity index (χ4v) is 12.1. The zero-order valence-corrected chi connectivity index (χ0v) is 35.9. The minimum absolute atomic E-state index is 0.143. The summed E-state index contributed by atoms with van der Waals surface area (Å²) in [6.45, 7) is 1.27. The average molecular weight is 861 g/mol. The SMILES string of the molecule is CC[C@H]1O[C@@H](n2cc(C)c(=O)[nH]c2=O)CC1P(=O)(OC[C@H]1O[C@@H](n2cc(C)c(=O)[nH]c2=O)CC1OC(c1ccccc1)(c1ccc(OC)cc1)c1ccc(OC)cc1)SC. The largest absolute Gasteiger partial charge is 0.497 e. The summed E-state index contributed by atoms with van der Waals surface area (Å²) in [5, 5.41) is 0. The number of aryl methyl sites for hydroxylation is 2. The molecular formula is C43H49N4O11PS. The molecule has 7 rings (SSSR count). The zero-order valence-electron chi connectivity index (χ0n) is 34.2. The second-order valence-corrected chi connectivity index (χ2v) is 19.8. The summed E-state index contributed by atoms with van der Waals surface area (Å²) in [5.74, 6) is 1.30. The van der Waals surface area contributed by atoms with Gasteiger partial charge in [-0.3, -0.25) is 33.3 Å². The molecule has 2 aliphatic rings. The molecule has 2 aromatic heterocycles. The third kappa shape index (κ3) is 8.37. The van der Waals surface area contributed by atoms with E-state index in [4.69, 9.17) is 28.2 Å². The highest BCUT2D eigenvalue weighted by atomic mass is 32.7. The standard InChI is InChI=1S/C43H49N4O11PS/c1-7-33-36(22-38(56-33)47-24-27(3)40(49)45-42(47)51)59(52,60-6)55-25-35-34(21-37(57-35)46-23-26(2)39(48)44-41(46)50)58-43(28-11-9-8-10-12-28,29-13-17-31(53-4)18-14-29)30-15-19-32(54-5)20-16-30/h8-20,23-24,33-38H,7,21-22,25H2,1-6H3,(H,44,48,50)(H,45,49,51)/t33-,34?,35-,36?,37-,38-,59?/m1/s1. The number of H-pyrrole nitrogens is 2. The maximum absolute atomic E-state index is 15.1. The van der Waals surface area contributed by atoms with Gasteiger partial charge in [0.15, 0.2) is 0 Å². The van der Waals surface area contributed by atoms with Crippen molar-refractivity contribution in [2.75, 3.05) is 27.1 Å². The van der Waals surface area contributed by atoms with Gasteiger partial charge in [-0.2, -0.15) is 0 Å². The van der Waals surface area contributed by atoms with Crippen molar-refractivity contribution in [1.29, 1.82) is 0 Å². The van der Waals surface area contributed by atoms with Gasteiger partial charge in [0, 0.05) is 36.4 Å². The highest BCUT2D eigenvalue weighted by Gasteiger charge is 2.50. The van der Waals surface area contributed by atoms with E-state index in [-0.39, 0.29) is 19.4 Å². The molecule has 318 valence electrons. The van der Waals surface area contributed by atoms with E-state index in [1.165, 1.54) is 21.5 Å². The van der Waals surface area contributed by atoms with E-state index in [2.05, 4.69) is 9.97 Å². The van der Waals surface area contributed by atoms with E-state index in [1.807, 2.05) is 85.8 Å². The topological polar surface area (TPSA) is 182 Å². The monoisotopic (exact) mass is 860 g/mol. The number of rotatable bonds is 15. The van der Waals surface area contributed by atoms with Gasteiger partial charge in [-0.25, -0.2) is 9.59 Å². The lowest BCUT2D eigenvalue weighted by molar-refractivity contribution is -0.0962. The Morgan fingerprint density at radius 2 is 1.22 bits per heavy atom. The third-order valence-corrected chi connectivity index (χ3v) is 16.3. The lowest BCUT2D eigenvalue weighted by atomic mass is 9.79. The summed E-state index contributed by atoms with van der Waals surface area (Å²) in [5.41, 5.74) is -1.20. The van der Waals surface area contributed by atoms with Gasteiger partial charge in [-0.1, -0.05) is 72.9 Å². The molecule has 0 aliphatic carbocycles. The molecule has 2 saturated heterocycles. The first-order chi connectivity index (χ1) is 28.8. The summed E-state index contributed by atoms with van der Waals surface area (Å²) in [7, 11) is 3.19. The van der Waals surface area contributed by atoms with Crippen LogP contribution >= 0.6 is 18.0 Å². The first-order valence-electron chi connectivity index (χ1n) is 19.6. The molecule has 0 radical (unpaired) electrons. The molecule has 4 heterocycles. The number of hydrogen-bond acceptors (Lipinski definition) is 12. The number of methoxy groups -OCH3 is 2. The van der Waals surface area contributed by atoms with Gasteiger partial charge in [0.05, 0.1) is 38.7 Å². The van der Waals surface area contributed by atoms with Crippen LogP contribution < -0.4 is 32.0 Å². The summed E-state index contributed by atoms with van der Waals surface area (Å²) in [6, 6.07) is 24.9. The fraction of sp³-hybridized carbons (Fsp3) is 0.395. The van der Waals surface area contributed by atoms with Gasteiger partial charge in [0.1, 0.15) is 35.7 Å². The van der Waals surface area contributed by atoms with E-state index < -0.39 is 71.1 Å². The van der Waals surface area contributed by atoms with Crippen molar-refractivity contribution in [3.63, 3.8) is 0 Å². The van der Waals surface area contributed by atoms with Gasteiger partial charge in [0.2, 0.25) is 0 Å². The minimum Gasteiger partial charge on any atom is -0.497 e. The van der Waals surface area contributed by atoms with E-state index in [1.54, 1.807) is 34.3 Å². The Labute approximate surface area is 350 Å². The molecule has 0 bridgehead atoms. The number of aromatic amines is 2. The van der Waals surface area contributed by atoms with Crippen molar-refractivity contribution in [2.45, 2.75) is 82.1 Å².